The molecule has 1 aromatic carbocycles. The number of benzene rings is 1. The van der Waals surface area contributed by atoms with Crippen molar-refractivity contribution in [1.82, 2.24) is 10.0 Å². The maximum Gasteiger partial charge on any atom is 0.257 e. The van der Waals surface area contributed by atoms with E-state index in [1.54, 1.807) is 11.4 Å². The molecule has 130 valence electrons. The van der Waals surface area contributed by atoms with E-state index in [4.69, 9.17) is 4.74 Å². The average Bonchev–Trinajstić information content (AvgIpc) is 3.08. The molecular formula is C16H20N2O4S2. The van der Waals surface area contributed by atoms with Gasteiger partial charge < -0.3 is 10.1 Å². The second kappa shape index (κ2) is 8.27. The molecule has 0 saturated carbocycles. The zero-order valence-electron chi connectivity index (χ0n) is 13.5. The van der Waals surface area contributed by atoms with Gasteiger partial charge in [0.2, 0.25) is 10.0 Å². The molecule has 0 aliphatic heterocycles. The molecule has 0 saturated heterocycles. The molecular weight excluding hydrogens is 348 g/mol. The summed E-state index contributed by atoms with van der Waals surface area (Å²) >= 11 is 1.14. The Balaban J connectivity index is 1.69. The molecule has 6 nitrogen and oxygen atoms in total. The molecule has 0 unspecified atom stereocenters. The van der Waals surface area contributed by atoms with Crippen LogP contribution in [0.1, 0.15) is 11.1 Å². The lowest BCUT2D eigenvalue weighted by atomic mass is 10.1. The molecule has 2 rings (SSSR count). The Morgan fingerprint density at radius 1 is 1.17 bits per heavy atom. The Bertz CT molecular complexity index is 786. The highest BCUT2D eigenvalue weighted by atomic mass is 32.2. The molecule has 0 aliphatic rings. The van der Waals surface area contributed by atoms with Gasteiger partial charge in [0.15, 0.2) is 6.61 Å². The van der Waals surface area contributed by atoms with Gasteiger partial charge in [0, 0.05) is 13.1 Å². The Morgan fingerprint density at radius 3 is 2.62 bits per heavy atom. The fraction of sp³-hybridized carbons (Fsp3) is 0.312. The van der Waals surface area contributed by atoms with Crippen LogP contribution in [0.25, 0.3) is 0 Å². The minimum Gasteiger partial charge on any atom is -0.484 e. The molecule has 0 aliphatic carbocycles. The summed E-state index contributed by atoms with van der Waals surface area (Å²) in [5, 5.41) is 4.30. The number of aryl methyl sites for hydroxylation is 2. The predicted molar refractivity (Wildman–Crippen MR) is 93.9 cm³/mol. The third-order valence-electron chi connectivity index (χ3n) is 3.35. The summed E-state index contributed by atoms with van der Waals surface area (Å²) in [5.41, 5.74) is 2.25. The van der Waals surface area contributed by atoms with Gasteiger partial charge in [-0.05, 0) is 48.6 Å². The van der Waals surface area contributed by atoms with Crippen LogP contribution in [0.3, 0.4) is 0 Å². The van der Waals surface area contributed by atoms with Gasteiger partial charge in [-0.2, -0.15) is 0 Å². The van der Waals surface area contributed by atoms with E-state index >= 15 is 0 Å². The summed E-state index contributed by atoms with van der Waals surface area (Å²) in [6.45, 7) is 4.18. The highest BCUT2D eigenvalue weighted by Gasteiger charge is 2.14. The maximum atomic E-state index is 11.9. The zero-order valence-corrected chi connectivity index (χ0v) is 15.2. The number of hydrogen-bond acceptors (Lipinski definition) is 5. The van der Waals surface area contributed by atoms with Gasteiger partial charge in [-0.3, -0.25) is 4.79 Å². The summed E-state index contributed by atoms with van der Waals surface area (Å²) in [6.07, 6.45) is 0. The second-order valence-electron chi connectivity index (χ2n) is 5.21. The van der Waals surface area contributed by atoms with Crippen molar-refractivity contribution in [3.63, 3.8) is 0 Å². The second-order valence-corrected chi connectivity index (χ2v) is 8.16. The summed E-state index contributed by atoms with van der Waals surface area (Å²) in [5.74, 6) is 0.329. The van der Waals surface area contributed by atoms with E-state index in [0.717, 1.165) is 22.5 Å². The molecule has 24 heavy (non-hydrogen) atoms. The largest absolute Gasteiger partial charge is 0.484 e. The van der Waals surface area contributed by atoms with Gasteiger partial charge in [-0.15, -0.1) is 11.3 Å². The predicted octanol–water partition coefficient (Wildman–Crippen LogP) is 1.84. The van der Waals surface area contributed by atoms with Crippen LogP contribution in [0.2, 0.25) is 0 Å². The van der Waals surface area contributed by atoms with Crippen LogP contribution in [-0.2, 0) is 14.8 Å². The first-order valence-electron chi connectivity index (χ1n) is 7.38. The van der Waals surface area contributed by atoms with E-state index in [2.05, 4.69) is 10.0 Å². The molecule has 8 heteroatoms. The number of amides is 1. The van der Waals surface area contributed by atoms with Crippen LogP contribution in [0.5, 0.6) is 5.75 Å². The number of nitrogens with one attached hydrogen (secondary N) is 2. The van der Waals surface area contributed by atoms with Crippen LogP contribution in [-0.4, -0.2) is 34.0 Å². The minimum absolute atomic E-state index is 0.111. The number of thiophene rings is 1. The summed E-state index contributed by atoms with van der Waals surface area (Å²) in [4.78, 5) is 11.7. The number of ether oxygens (including phenoxy) is 1. The summed E-state index contributed by atoms with van der Waals surface area (Å²) < 4.78 is 31.8. The molecule has 2 aromatic rings. The zero-order chi connectivity index (χ0) is 17.6. The van der Waals surface area contributed by atoms with Crippen molar-refractivity contribution < 1.29 is 17.9 Å². The van der Waals surface area contributed by atoms with Crippen LogP contribution >= 0.6 is 11.3 Å². The number of carbonyl (C=O) groups is 1. The highest BCUT2D eigenvalue weighted by molar-refractivity contribution is 7.91. The van der Waals surface area contributed by atoms with Crippen molar-refractivity contribution in [3.8, 4) is 5.75 Å². The molecule has 1 aromatic heterocycles. The van der Waals surface area contributed by atoms with Gasteiger partial charge in [-0.25, -0.2) is 13.1 Å². The summed E-state index contributed by atoms with van der Waals surface area (Å²) in [7, 11) is -3.49. The van der Waals surface area contributed by atoms with Gasteiger partial charge in [0.25, 0.3) is 5.91 Å². The van der Waals surface area contributed by atoms with Crippen molar-refractivity contribution in [2.75, 3.05) is 19.7 Å². The fourth-order valence-corrected chi connectivity index (χ4v) is 3.95. The lowest BCUT2D eigenvalue weighted by Gasteiger charge is -2.09. The van der Waals surface area contributed by atoms with E-state index < -0.39 is 10.0 Å². The molecule has 0 radical (unpaired) electrons. The monoisotopic (exact) mass is 368 g/mol. The van der Waals surface area contributed by atoms with Gasteiger partial charge in [-0.1, -0.05) is 12.1 Å². The molecule has 0 spiro atoms. The third-order valence-corrected chi connectivity index (χ3v) is 6.21. The van der Waals surface area contributed by atoms with Crippen LogP contribution in [0, 0.1) is 13.8 Å². The number of sulfonamides is 1. The highest BCUT2D eigenvalue weighted by Crippen LogP contribution is 2.16. The first kappa shape index (κ1) is 18.4. The van der Waals surface area contributed by atoms with Gasteiger partial charge in [0.1, 0.15) is 9.96 Å². The maximum absolute atomic E-state index is 11.9. The van der Waals surface area contributed by atoms with Crippen molar-refractivity contribution in [2.45, 2.75) is 18.1 Å². The lowest BCUT2D eigenvalue weighted by Crippen LogP contribution is -2.36. The molecule has 0 atom stereocenters. The van der Waals surface area contributed by atoms with Crippen LogP contribution < -0.4 is 14.8 Å². The quantitative estimate of drug-likeness (QED) is 0.697. The molecule has 1 amide bonds. The van der Waals surface area contributed by atoms with E-state index in [1.807, 2.05) is 32.0 Å². The van der Waals surface area contributed by atoms with E-state index in [0.29, 0.717) is 5.75 Å². The van der Waals surface area contributed by atoms with E-state index in [9.17, 15) is 13.2 Å². The van der Waals surface area contributed by atoms with Gasteiger partial charge in [0.05, 0.1) is 0 Å². The molecule has 0 fully saturated rings. The molecule has 1 heterocycles. The Morgan fingerprint density at radius 2 is 1.96 bits per heavy atom. The van der Waals surface area contributed by atoms with E-state index in [1.165, 1.54) is 6.07 Å². The smallest absolute Gasteiger partial charge is 0.257 e. The fourth-order valence-electron chi connectivity index (χ4n) is 1.88. The number of rotatable bonds is 8. The Hall–Kier alpha value is -1.90. The van der Waals surface area contributed by atoms with Crippen molar-refractivity contribution in [1.29, 1.82) is 0 Å². The van der Waals surface area contributed by atoms with Crippen molar-refractivity contribution in [3.05, 3.63) is 46.8 Å². The number of carbonyl (C=O) groups excluding carboxylic acids is 1. The van der Waals surface area contributed by atoms with Crippen LogP contribution in [0.4, 0.5) is 0 Å². The van der Waals surface area contributed by atoms with Crippen molar-refractivity contribution >= 4 is 27.3 Å². The topological polar surface area (TPSA) is 84.5 Å². The first-order chi connectivity index (χ1) is 11.4. The first-order valence-corrected chi connectivity index (χ1v) is 9.75. The summed E-state index contributed by atoms with van der Waals surface area (Å²) in [6, 6.07) is 8.82. The average molecular weight is 368 g/mol. The van der Waals surface area contributed by atoms with Gasteiger partial charge >= 0.3 is 0 Å². The van der Waals surface area contributed by atoms with Crippen molar-refractivity contribution in [2.24, 2.45) is 0 Å². The Labute approximate surface area is 145 Å². The lowest BCUT2D eigenvalue weighted by molar-refractivity contribution is -0.123. The van der Waals surface area contributed by atoms with E-state index in [-0.39, 0.29) is 29.8 Å². The van der Waals surface area contributed by atoms with Crippen LogP contribution in [0.15, 0.2) is 39.9 Å². The third kappa shape index (κ3) is 5.33. The minimum atomic E-state index is -3.49. The normalized spacial score (nSPS) is 11.2. The standard InChI is InChI=1S/C16H20N2O4S2/c1-12-5-6-14(10-13(12)2)22-11-15(19)17-7-8-18-24(20,21)16-4-3-9-23-16/h3-6,9-10,18H,7-8,11H2,1-2H3,(H,17,19). The number of hydrogen-bond donors (Lipinski definition) is 2. The Kier molecular flexibility index (Phi) is 6.36. The molecule has 2 N–H and O–H groups in total. The SMILES string of the molecule is Cc1ccc(OCC(=O)NCCNS(=O)(=O)c2cccs2)cc1C. The molecule has 0 bridgehead atoms.